The Labute approximate surface area is 765 Å². The fraction of sp³-hybridized carbons (Fsp3) is 0. The van der Waals surface area contributed by atoms with Crippen LogP contribution in [0, 0.1) is 0 Å². The fourth-order valence-corrected chi connectivity index (χ4v) is 17.8. The van der Waals surface area contributed by atoms with Crippen LogP contribution in [0.25, 0.3) is 232 Å². The molecule has 24 rings (SSSR count). The van der Waals surface area contributed by atoms with Gasteiger partial charge in [-0.2, -0.15) is 0 Å². The Hall–Kier alpha value is -17.7. The molecule has 16 aromatic carbocycles. The van der Waals surface area contributed by atoms with E-state index in [1.54, 1.807) is 0 Å². The average Bonchev–Trinajstić information content (AvgIpc) is 0.779. The van der Waals surface area contributed by atoms with Gasteiger partial charge >= 0.3 is 0 Å². The van der Waals surface area contributed by atoms with Crippen LogP contribution in [-0.4, -0.2) is 39.9 Å². The quantitative estimate of drug-likeness (QED) is 0.1000. The Morgan fingerprint density at radius 1 is 0.106 bits per heavy atom. The summed E-state index contributed by atoms with van der Waals surface area (Å²) in [6.07, 6.45) is 16.6. The Kier molecular flexibility index (Phi) is 22.1. The van der Waals surface area contributed by atoms with E-state index in [-0.39, 0.29) is 0 Å². The highest BCUT2D eigenvalue weighted by molar-refractivity contribution is 5.97. The molecule has 0 bridgehead atoms. The number of hydrogen-bond donors (Lipinski definition) is 0. The van der Waals surface area contributed by atoms with Crippen molar-refractivity contribution in [2.75, 3.05) is 0 Å². The van der Waals surface area contributed by atoms with Gasteiger partial charge in [-0.05, 0) is 330 Å². The molecule has 8 heteroatoms. The maximum atomic E-state index is 5.27. The summed E-state index contributed by atoms with van der Waals surface area (Å²) in [5.74, 6) is 0. The zero-order valence-corrected chi connectivity index (χ0v) is 71.9. The largest absolute Gasteiger partial charge is 0.265 e. The van der Waals surface area contributed by atoms with Gasteiger partial charge in [0.2, 0.25) is 0 Å². The lowest BCUT2D eigenvalue weighted by Crippen LogP contribution is -1.93. The lowest BCUT2D eigenvalue weighted by molar-refractivity contribution is 1.31. The van der Waals surface area contributed by atoms with Gasteiger partial charge in [0, 0.05) is 100 Å². The summed E-state index contributed by atoms with van der Waals surface area (Å²) >= 11 is 0. The van der Waals surface area contributed by atoms with Gasteiger partial charge in [-0.3, -0.25) is 24.9 Å². The molecule has 0 atom stereocenters. The Morgan fingerprint density at radius 2 is 0.333 bits per heavy atom. The topological polar surface area (TPSA) is 103 Å². The molecule has 0 saturated carbocycles. The van der Waals surface area contributed by atoms with E-state index in [4.69, 9.17) is 15.0 Å². The molecule has 8 aromatic heterocycles. The summed E-state index contributed by atoms with van der Waals surface area (Å²) < 4.78 is 0. The molecule has 0 amide bonds. The molecule has 0 radical (unpaired) electrons. The maximum Gasteiger partial charge on any atom is 0.0715 e. The second-order valence-corrected chi connectivity index (χ2v) is 33.2. The van der Waals surface area contributed by atoms with Crippen molar-refractivity contribution in [3.05, 3.63) is 499 Å². The van der Waals surface area contributed by atoms with Crippen LogP contribution in [-0.2, 0) is 0 Å². The van der Waals surface area contributed by atoms with E-state index in [1.807, 2.05) is 74.0 Å². The Morgan fingerprint density at radius 3 is 0.598 bits per heavy atom. The van der Waals surface area contributed by atoms with Crippen LogP contribution in [0.5, 0.6) is 0 Å². The molecular weight excluding hydrogens is 1600 g/mol. The smallest absolute Gasteiger partial charge is 0.0715 e. The molecule has 132 heavy (non-hydrogen) atoms. The summed E-state index contributed by atoms with van der Waals surface area (Å²) in [4.78, 5) is 37.6. The van der Waals surface area contributed by atoms with Gasteiger partial charge in [0.25, 0.3) is 0 Å². The second-order valence-electron chi connectivity index (χ2n) is 33.2. The van der Waals surface area contributed by atoms with Gasteiger partial charge in [0.1, 0.15) is 0 Å². The highest BCUT2D eigenvalue weighted by Crippen LogP contribution is 2.43. The molecule has 0 spiro atoms. The summed E-state index contributed by atoms with van der Waals surface area (Å²) in [5, 5.41) is 14.5. The van der Waals surface area contributed by atoms with E-state index in [2.05, 4.69) is 450 Å². The minimum Gasteiger partial charge on any atom is -0.265 e. The standard InChI is InChI=1S/C42H28N2.2C41H27N3/c1-2-8-29(9-3-1)37-24-38(32-18-20-43-21-19-32)26-39(25-37)40-27-41(35-16-14-30-10-4-6-12-33(30)22-35)44-42(28-40)36-17-15-31-11-5-7-13-34(31)23-36;1-3-9-31-21-33(14-12-28(31)7-1)40-26-37(27-41(44-40)34-15-13-29-8-2-4-10-32(29)22-34)36-23-35(30-16-19-42-20-17-30)24-38(25-36)39-11-5-6-18-43-39;1-3-8-31-20-33(13-11-28(31)6-1)40-25-39(26-41(44-40)34-14-12-29-7-2-4-9-32(29)21-34)38-23-36(30-15-18-42-19-16-30)22-37(24-38)35-10-5-17-43-27-35/h1-28H;2*1-27H. The molecule has 0 aliphatic heterocycles. The first-order chi connectivity index (χ1) is 65.3. The van der Waals surface area contributed by atoms with Crippen LogP contribution >= 0.6 is 0 Å². The minimum atomic E-state index is 0.934. The van der Waals surface area contributed by atoms with E-state index in [0.717, 1.165) is 157 Å². The number of benzene rings is 16. The third kappa shape index (κ3) is 17.4. The number of rotatable bonds is 15. The molecule has 0 fully saturated rings. The summed E-state index contributed by atoms with van der Waals surface area (Å²) in [7, 11) is 0. The Bertz CT molecular complexity index is 7140. The summed E-state index contributed by atoms with van der Waals surface area (Å²) in [6.45, 7) is 0. The molecule has 0 aliphatic carbocycles. The molecule has 0 aliphatic rings. The normalized spacial score (nSPS) is 11.2. The van der Waals surface area contributed by atoms with Crippen molar-refractivity contribution < 1.29 is 0 Å². The van der Waals surface area contributed by atoms with Gasteiger partial charge in [0.05, 0.1) is 39.9 Å². The fourth-order valence-electron chi connectivity index (χ4n) is 17.8. The highest BCUT2D eigenvalue weighted by atomic mass is 14.7. The predicted molar refractivity (Wildman–Crippen MR) is 548 cm³/mol. The SMILES string of the molecule is c1ccc(-c2cc(-c3ccncc3)cc(-c3cc(-c4ccc5ccccc5c4)nc(-c4ccc5ccccc5c4)c3)c2)cc1.c1ccc(-c2cc(-c3ccncc3)cc(-c3cc(-c4ccc5ccccc5c4)nc(-c4ccc5ccccc5c4)c3)c2)nc1.c1cncc(-c2cc(-c3ccncc3)cc(-c3cc(-c4ccc5ccccc5c4)nc(-c4ccc5ccccc5c4)c3)c2)c1. The van der Waals surface area contributed by atoms with Crippen LogP contribution in [0.1, 0.15) is 0 Å². The maximum absolute atomic E-state index is 5.27. The van der Waals surface area contributed by atoms with Gasteiger partial charge < -0.3 is 0 Å². The van der Waals surface area contributed by atoms with Gasteiger partial charge in [-0.15, -0.1) is 0 Å². The first-order valence-electron chi connectivity index (χ1n) is 44.4. The van der Waals surface area contributed by atoms with Crippen LogP contribution in [0.15, 0.2) is 499 Å². The van der Waals surface area contributed by atoms with Gasteiger partial charge in [-0.25, -0.2) is 15.0 Å². The van der Waals surface area contributed by atoms with Crippen molar-refractivity contribution in [2.45, 2.75) is 0 Å². The number of hydrogen-bond acceptors (Lipinski definition) is 8. The molecule has 0 saturated heterocycles. The van der Waals surface area contributed by atoms with E-state index >= 15 is 0 Å². The predicted octanol–water partition coefficient (Wildman–Crippen LogP) is 32.1. The Balaban J connectivity index is 0.000000116. The molecular formula is C124H82N8. The third-order valence-electron chi connectivity index (χ3n) is 24.7. The van der Waals surface area contributed by atoms with Gasteiger partial charge in [-0.1, -0.05) is 261 Å². The molecule has 24 aromatic rings. The van der Waals surface area contributed by atoms with E-state index in [9.17, 15) is 0 Å². The lowest BCUT2D eigenvalue weighted by atomic mass is 9.92. The van der Waals surface area contributed by atoms with Crippen molar-refractivity contribution in [3.63, 3.8) is 0 Å². The first-order valence-corrected chi connectivity index (χ1v) is 44.4. The zero-order valence-electron chi connectivity index (χ0n) is 71.9. The first kappa shape index (κ1) is 80.1. The summed E-state index contributed by atoms with van der Waals surface area (Å²) in [6, 6.07) is 157. The van der Waals surface area contributed by atoms with Crippen LogP contribution in [0.3, 0.4) is 0 Å². The van der Waals surface area contributed by atoms with Crippen molar-refractivity contribution >= 4 is 64.6 Å². The molecule has 0 unspecified atom stereocenters. The van der Waals surface area contributed by atoms with Crippen LogP contribution < -0.4 is 0 Å². The van der Waals surface area contributed by atoms with Crippen LogP contribution in [0.4, 0.5) is 0 Å². The highest BCUT2D eigenvalue weighted by Gasteiger charge is 2.20. The van der Waals surface area contributed by atoms with Crippen molar-refractivity contribution in [2.24, 2.45) is 0 Å². The monoisotopic (exact) mass is 1680 g/mol. The molecule has 618 valence electrons. The van der Waals surface area contributed by atoms with Crippen molar-refractivity contribution in [1.82, 2.24) is 39.9 Å². The van der Waals surface area contributed by atoms with Gasteiger partial charge in [0.15, 0.2) is 0 Å². The van der Waals surface area contributed by atoms with Crippen molar-refractivity contribution in [3.8, 4) is 168 Å². The van der Waals surface area contributed by atoms with Crippen molar-refractivity contribution in [1.29, 1.82) is 0 Å². The summed E-state index contributed by atoms with van der Waals surface area (Å²) in [5.41, 5.74) is 32.2. The molecule has 0 N–H and O–H groups in total. The number of fused-ring (bicyclic) bond motifs is 6. The number of nitrogens with zero attached hydrogens (tertiary/aromatic N) is 8. The third-order valence-corrected chi connectivity index (χ3v) is 24.7. The van der Waals surface area contributed by atoms with E-state index in [0.29, 0.717) is 0 Å². The molecule has 8 nitrogen and oxygen atoms in total. The number of aromatic nitrogens is 8. The lowest BCUT2D eigenvalue weighted by Gasteiger charge is -2.14. The zero-order chi connectivity index (χ0) is 87.9. The minimum absolute atomic E-state index is 0.934. The second kappa shape index (κ2) is 36.3. The van der Waals surface area contributed by atoms with E-state index in [1.165, 1.54) is 75.8 Å². The molecule has 8 heterocycles. The number of pyridine rings is 8. The van der Waals surface area contributed by atoms with E-state index < -0.39 is 0 Å². The van der Waals surface area contributed by atoms with Crippen LogP contribution in [0.2, 0.25) is 0 Å². The average molecular weight is 1680 g/mol.